The van der Waals surface area contributed by atoms with E-state index in [4.69, 9.17) is 14.3 Å². The molecule has 2 aliphatic rings. The van der Waals surface area contributed by atoms with E-state index < -0.39 is 44.6 Å². The second-order valence-electron chi connectivity index (χ2n) is 21.2. The Morgan fingerprint density at radius 2 is 1.02 bits per heavy atom. The lowest BCUT2D eigenvalue weighted by molar-refractivity contribution is -0.382. The average molecular weight is 1150 g/mol. The van der Waals surface area contributed by atoms with E-state index in [1.165, 1.54) is 12.1 Å². The molecule has 2 aromatic heterocycles. The zero-order valence-corrected chi connectivity index (χ0v) is 45.4. The molecule has 1 aliphatic carbocycles. The van der Waals surface area contributed by atoms with Crippen molar-refractivity contribution >= 4 is 44.4 Å². The zero-order valence-electron chi connectivity index (χ0n) is 44.6. The molecule has 0 bridgehead atoms. The molecule has 0 amide bonds. The summed E-state index contributed by atoms with van der Waals surface area (Å²) in [7, 11) is -7.45. The quantitative estimate of drug-likeness (QED) is 0.0724. The number of hydrogen-bond acceptors (Lipinski definition) is 7. The molecule has 1 saturated heterocycles. The molecule has 0 atom stereocenters. The largest absolute Gasteiger partial charge is 0.494 e. The summed E-state index contributed by atoms with van der Waals surface area (Å²) in [5, 5.41) is -5.29. The summed E-state index contributed by atoms with van der Waals surface area (Å²) in [5.41, 5.74) is 12.3. The second-order valence-corrected chi connectivity index (χ2v) is 22.8. The molecule has 12 rings (SSSR count). The molecule has 8 aromatic carbocycles. The van der Waals surface area contributed by atoms with Crippen LogP contribution in [0.2, 0.25) is 0 Å². The van der Waals surface area contributed by atoms with Crippen LogP contribution >= 0.6 is 0 Å². The zero-order chi connectivity index (χ0) is 59.0. The monoisotopic (exact) mass is 1150 g/mol. The molecule has 3 heterocycles. The molecular formula is C65H48BF9N2O5S. The summed E-state index contributed by atoms with van der Waals surface area (Å²) in [6.07, 6.45) is -5.39. The minimum absolute atomic E-state index is 0.156. The van der Waals surface area contributed by atoms with Gasteiger partial charge >= 0.3 is 40.5 Å². The summed E-state index contributed by atoms with van der Waals surface area (Å²) in [5.74, 6) is -15.8. The number of alkyl halides is 9. The van der Waals surface area contributed by atoms with Crippen LogP contribution in [0.25, 0.3) is 66.4 Å². The number of para-hydroxylation sites is 1. The number of pyridine rings is 2. The Bertz CT molecular complexity index is 4140. The summed E-state index contributed by atoms with van der Waals surface area (Å²) < 4.78 is 161. The van der Waals surface area contributed by atoms with Gasteiger partial charge in [0.15, 0.2) is 0 Å². The van der Waals surface area contributed by atoms with Crippen LogP contribution in [0.15, 0.2) is 219 Å². The smallest absolute Gasteiger partial charge is 0.399 e. The minimum atomic E-state index is -7.40. The lowest BCUT2D eigenvalue weighted by Gasteiger charge is -2.34. The molecule has 0 unspecified atom stereocenters. The predicted molar refractivity (Wildman–Crippen MR) is 303 cm³/mol. The maximum Gasteiger partial charge on any atom is 0.494 e. The fourth-order valence-corrected chi connectivity index (χ4v) is 11.5. The van der Waals surface area contributed by atoms with Crippen molar-refractivity contribution < 1.29 is 61.4 Å². The third-order valence-corrected chi connectivity index (χ3v) is 16.9. The van der Waals surface area contributed by atoms with Crippen molar-refractivity contribution in [3.8, 4) is 50.5 Å². The third-order valence-electron chi connectivity index (χ3n) is 15.6. The first kappa shape index (κ1) is 56.5. The van der Waals surface area contributed by atoms with Crippen LogP contribution in [0.1, 0.15) is 49.9 Å². The van der Waals surface area contributed by atoms with E-state index in [9.17, 15) is 47.9 Å². The van der Waals surface area contributed by atoms with Crippen molar-refractivity contribution in [1.29, 1.82) is 0 Å². The van der Waals surface area contributed by atoms with Gasteiger partial charge in [-0.2, -0.15) is 47.9 Å². The number of benzene rings is 8. The molecule has 1 fully saturated rings. The molecule has 0 N–H and O–H groups in total. The standard InChI is InChI=1S/C39H23F9O3S.C26H25BN2O2/c40-36(41,38(44,45)46)37(42,43)39(47,48)52(49,50)51-30-19-17-25-21-24(15-16-26(25)22-30)27-18-20-32-31-13-7-8-14-33(31)35(34(32)23-27,28-9-3-1-4-10-28)29-11-5-2-6-12-29;1-25(2)26(3,4)31-27(30-25)19-14-12-18(13-15-19)21-17-24(23-11-7-8-16-28-23)29-22-10-6-5-9-20(21)22/h1-23H;5-17H,1-4H3. The fourth-order valence-electron chi connectivity index (χ4n) is 10.6. The van der Waals surface area contributed by atoms with Gasteiger partial charge in [0, 0.05) is 11.6 Å². The van der Waals surface area contributed by atoms with Crippen LogP contribution in [0, 0.1) is 0 Å². The van der Waals surface area contributed by atoms with E-state index >= 15 is 0 Å². The number of aromatic nitrogens is 2. The lowest BCUT2D eigenvalue weighted by Crippen LogP contribution is -2.63. The van der Waals surface area contributed by atoms with Gasteiger partial charge in [-0.05, 0) is 148 Å². The summed E-state index contributed by atoms with van der Waals surface area (Å²) in [4.78, 5) is 9.33. The lowest BCUT2D eigenvalue weighted by atomic mass is 9.67. The van der Waals surface area contributed by atoms with Crippen molar-refractivity contribution in [2.45, 2.75) is 67.6 Å². The second kappa shape index (κ2) is 20.5. The van der Waals surface area contributed by atoms with Gasteiger partial charge in [0.05, 0.1) is 33.5 Å². The third kappa shape index (κ3) is 9.59. The molecule has 0 radical (unpaired) electrons. The van der Waals surface area contributed by atoms with Crippen molar-refractivity contribution in [1.82, 2.24) is 9.97 Å². The Balaban J connectivity index is 0.000000197. The fraction of sp³-hybridized carbons (Fsp3) is 0.169. The van der Waals surface area contributed by atoms with Crippen LogP contribution < -0.4 is 9.65 Å². The topological polar surface area (TPSA) is 87.6 Å². The van der Waals surface area contributed by atoms with E-state index in [-0.39, 0.29) is 23.7 Å². The Morgan fingerprint density at radius 1 is 0.482 bits per heavy atom. The number of nitrogens with zero attached hydrogens (tertiary/aromatic N) is 2. The van der Waals surface area contributed by atoms with E-state index in [0.717, 1.165) is 90.0 Å². The number of hydrogen-bond donors (Lipinski definition) is 0. The van der Waals surface area contributed by atoms with Gasteiger partial charge in [-0.1, -0.05) is 164 Å². The van der Waals surface area contributed by atoms with Crippen LogP contribution in [0.5, 0.6) is 5.75 Å². The van der Waals surface area contributed by atoms with Crippen molar-refractivity contribution in [2.75, 3.05) is 0 Å². The molecular weight excluding hydrogens is 1100 g/mol. The Labute approximate surface area is 472 Å². The highest BCUT2D eigenvalue weighted by molar-refractivity contribution is 7.88. The van der Waals surface area contributed by atoms with Gasteiger partial charge in [-0.3, -0.25) is 4.98 Å². The van der Waals surface area contributed by atoms with Crippen molar-refractivity contribution in [3.63, 3.8) is 0 Å². The highest BCUT2D eigenvalue weighted by Gasteiger charge is 2.86. The van der Waals surface area contributed by atoms with E-state index in [0.29, 0.717) is 10.9 Å². The normalized spacial score (nSPS) is 15.6. The number of rotatable bonds is 11. The molecule has 10 aromatic rings. The van der Waals surface area contributed by atoms with E-state index in [1.807, 2.05) is 97.1 Å². The summed E-state index contributed by atoms with van der Waals surface area (Å²) in [6.45, 7) is 8.29. The molecule has 0 spiro atoms. The van der Waals surface area contributed by atoms with Crippen LogP contribution in [0.3, 0.4) is 0 Å². The molecule has 0 saturated carbocycles. The number of halogens is 9. The summed E-state index contributed by atoms with van der Waals surface area (Å²) in [6, 6.07) is 66.5. The van der Waals surface area contributed by atoms with E-state index in [1.54, 1.807) is 18.3 Å². The van der Waals surface area contributed by atoms with Gasteiger partial charge in [0.2, 0.25) is 0 Å². The summed E-state index contributed by atoms with van der Waals surface area (Å²) >= 11 is 0. The Morgan fingerprint density at radius 3 is 1.66 bits per heavy atom. The number of fused-ring (bicyclic) bond motifs is 5. The van der Waals surface area contributed by atoms with Gasteiger partial charge < -0.3 is 13.5 Å². The van der Waals surface area contributed by atoms with Gasteiger partial charge in [-0.25, -0.2) is 4.98 Å². The van der Waals surface area contributed by atoms with Gasteiger partial charge in [-0.15, -0.1) is 0 Å². The maximum absolute atomic E-state index is 14.3. The van der Waals surface area contributed by atoms with Crippen LogP contribution in [-0.4, -0.2) is 60.0 Å². The minimum Gasteiger partial charge on any atom is -0.399 e. The predicted octanol–water partition coefficient (Wildman–Crippen LogP) is 16.3. The first-order valence-corrected chi connectivity index (χ1v) is 27.5. The molecule has 7 nitrogen and oxygen atoms in total. The maximum atomic E-state index is 14.3. The molecule has 83 heavy (non-hydrogen) atoms. The SMILES string of the molecule is CC1(C)OB(c2ccc(-c3cc(-c4ccccn4)nc4ccccc34)cc2)OC1(C)C.O=S(=O)(Oc1ccc2cc(-c3ccc4c(c3)C(c3ccccc3)(c3ccccc3)c3ccccc3-4)ccc2c1)C(F)(F)C(F)(F)C(F)(F)C(F)(F)F. The van der Waals surface area contributed by atoms with Crippen LogP contribution in [0.4, 0.5) is 39.5 Å². The average Bonchev–Trinajstić information content (AvgIpc) is 1.75. The Hall–Kier alpha value is -8.32. The Kier molecular flexibility index (Phi) is 14.0. The van der Waals surface area contributed by atoms with Crippen LogP contribution in [-0.2, 0) is 24.8 Å². The first-order valence-electron chi connectivity index (χ1n) is 26.1. The van der Waals surface area contributed by atoms with Gasteiger partial charge in [0.1, 0.15) is 5.75 Å². The molecule has 18 heteroatoms. The van der Waals surface area contributed by atoms with Gasteiger partial charge in [0.25, 0.3) is 0 Å². The molecule has 1 aliphatic heterocycles. The highest BCUT2D eigenvalue weighted by Crippen LogP contribution is 2.58. The van der Waals surface area contributed by atoms with E-state index in [2.05, 4.69) is 116 Å². The first-order chi connectivity index (χ1) is 39.3. The molecule has 420 valence electrons. The van der Waals surface area contributed by atoms with Crippen molar-refractivity contribution in [2.24, 2.45) is 0 Å². The highest BCUT2D eigenvalue weighted by atomic mass is 32.2. The van der Waals surface area contributed by atoms with Crippen molar-refractivity contribution in [3.05, 3.63) is 241 Å².